The maximum Gasteiger partial charge on any atom is 0.330 e. The highest BCUT2D eigenvalue weighted by molar-refractivity contribution is 5.86. The van der Waals surface area contributed by atoms with Crippen LogP contribution < -0.4 is 0 Å². The number of carboxylic acids is 1. The molecule has 4 nitrogen and oxygen atoms in total. The van der Waals surface area contributed by atoms with Crippen molar-refractivity contribution in [2.75, 3.05) is 0 Å². The van der Waals surface area contributed by atoms with Crippen LogP contribution in [0.3, 0.4) is 0 Å². The molecule has 0 aliphatic carbocycles. The number of carbonyl (C=O) groups is 2. The minimum atomic E-state index is -1.07. The fourth-order valence-corrected chi connectivity index (χ4v) is 0.791. The smallest absolute Gasteiger partial charge is 0.330 e. The summed E-state index contributed by atoms with van der Waals surface area (Å²) in [6.45, 7) is 8.89. The number of ether oxygens (including phenoxy) is 1. The second kappa shape index (κ2) is 5.53. The molecule has 0 unspecified atom stereocenters. The van der Waals surface area contributed by atoms with Crippen LogP contribution >= 0.6 is 0 Å². The second-order valence-corrected chi connectivity index (χ2v) is 4.00. The SMILES string of the molecule is C=C(CCC(=O)OC(C)(C)CC)C(=O)O. The summed E-state index contributed by atoms with van der Waals surface area (Å²) in [6, 6.07) is 0. The van der Waals surface area contributed by atoms with Crippen LogP contribution in [0.4, 0.5) is 0 Å². The van der Waals surface area contributed by atoms with Crippen LogP contribution in [0.25, 0.3) is 0 Å². The zero-order valence-corrected chi connectivity index (χ0v) is 9.50. The first kappa shape index (κ1) is 13.7. The average Bonchev–Trinajstić information content (AvgIpc) is 2.13. The Hall–Kier alpha value is -1.32. The maximum absolute atomic E-state index is 11.3. The molecule has 0 radical (unpaired) electrons. The summed E-state index contributed by atoms with van der Waals surface area (Å²) in [5.74, 6) is -1.46. The van der Waals surface area contributed by atoms with Gasteiger partial charge in [0.1, 0.15) is 5.60 Å². The van der Waals surface area contributed by atoms with Gasteiger partial charge in [-0.15, -0.1) is 0 Å². The monoisotopic (exact) mass is 214 g/mol. The van der Waals surface area contributed by atoms with Crippen molar-refractivity contribution in [2.24, 2.45) is 0 Å². The highest BCUT2D eigenvalue weighted by atomic mass is 16.6. The van der Waals surface area contributed by atoms with Crippen LogP contribution in [0.15, 0.2) is 12.2 Å². The number of rotatable bonds is 6. The van der Waals surface area contributed by atoms with E-state index in [-0.39, 0.29) is 24.4 Å². The van der Waals surface area contributed by atoms with E-state index in [9.17, 15) is 9.59 Å². The molecule has 0 aliphatic rings. The fraction of sp³-hybridized carbons (Fsp3) is 0.636. The molecule has 0 amide bonds. The van der Waals surface area contributed by atoms with Crippen molar-refractivity contribution < 1.29 is 19.4 Å². The molecule has 0 rings (SSSR count). The molecule has 4 heteroatoms. The third-order valence-electron chi connectivity index (χ3n) is 2.17. The molecule has 0 aromatic carbocycles. The predicted octanol–water partition coefficient (Wildman–Crippen LogP) is 2.14. The topological polar surface area (TPSA) is 63.6 Å². The molecular weight excluding hydrogens is 196 g/mol. The van der Waals surface area contributed by atoms with Crippen LogP contribution in [0.1, 0.15) is 40.0 Å². The van der Waals surface area contributed by atoms with E-state index in [1.807, 2.05) is 20.8 Å². The molecule has 0 aromatic heterocycles. The molecule has 0 aromatic rings. The Kier molecular flexibility index (Phi) is 5.05. The van der Waals surface area contributed by atoms with Gasteiger partial charge in [-0.1, -0.05) is 13.5 Å². The number of carbonyl (C=O) groups excluding carboxylic acids is 1. The zero-order chi connectivity index (χ0) is 12.1. The van der Waals surface area contributed by atoms with Crippen LogP contribution in [-0.4, -0.2) is 22.6 Å². The van der Waals surface area contributed by atoms with E-state index >= 15 is 0 Å². The van der Waals surface area contributed by atoms with E-state index in [0.29, 0.717) is 0 Å². The summed E-state index contributed by atoms with van der Waals surface area (Å²) in [6.07, 6.45) is 0.918. The molecule has 1 N–H and O–H groups in total. The fourth-order valence-electron chi connectivity index (χ4n) is 0.791. The van der Waals surface area contributed by atoms with E-state index < -0.39 is 11.6 Å². The Morgan fingerprint density at radius 3 is 2.27 bits per heavy atom. The van der Waals surface area contributed by atoms with Gasteiger partial charge in [0.2, 0.25) is 0 Å². The third kappa shape index (κ3) is 5.88. The van der Waals surface area contributed by atoms with E-state index in [4.69, 9.17) is 9.84 Å². The Labute approximate surface area is 89.9 Å². The van der Waals surface area contributed by atoms with Gasteiger partial charge >= 0.3 is 11.9 Å². The van der Waals surface area contributed by atoms with E-state index in [2.05, 4.69) is 6.58 Å². The Bertz CT molecular complexity index is 266. The summed E-state index contributed by atoms with van der Waals surface area (Å²) in [4.78, 5) is 21.7. The van der Waals surface area contributed by atoms with Crippen molar-refractivity contribution >= 4 is 11.9 Å². The molecule has 0 spiro atoms. The van der Waals surface area contributed by atoms with Crippen LogP contribution in [0, 0.1) is 0 Å². The average molecular weight is 214 g/mol. The van der Waals surface area contributed by atoms with Gasteiger partial charge in [-0.05, 0) is 26.7 Å². The van der Waals surface area contributed by atoms with Crippen molar-refractivity contribution in [3.8, 4) is 0 Å². The number of aliphatic carboxylic acids is 1. The zero-order valence-electron chi connectivity index (χ0n) is 9.50. The van der Waals surface area contributed by atoms with E-state index in [1.54, 1.807) is 0 Å². The first-order chi connectivity index (χ1) is 6.78. The first-order valence-corrected chi connectivity index (χ1v) is 4.91. The van der Waals surface area contributed by atoms with E-state index in [0.717, 1.165) is 6.42 Å². The van der Waals surface area contributed by atoms with Gasteiger partial charge in [0.05, 0.1) is 0 Å². The van der Waals surface area contributed by atoms with Crippen LogP contribution in [-0.2, 0) is 14.3 Å². The lowest BCUT2D eigenvalue weighted by atomic mass is 10.1. The van der Waals surface area contributed by atoms with Gasteiger partial charge in [-0.25, -0.2) is 4.79 Å². The van der Waals surface area contributed by atoms with E-state index in [1.165, 1.54) is 0 Å². The number of esters is 1. The van der Waals surface area contributed by atoms with Gasteiger partial charge in [-0.3, -0.25) is 4.79 Å². The molecule has 0 fully saturated rings. The van der Waals surface area contributed by atoms with Crippen LogP contribution in [0.2, 0.25) is 0 Å². The lowest BCUT2D eigenvalue weighted by Gasteiger charge is -2.23. The largest absolute Gasteiger partial charge is 0.478 e. The van der Waals surface area contributed by atoms with Crippen LogP contribution in [0.5, 0.6) is 0 Å². The molecule has 0 saturated heterocycles. The lowest BCUT2D eigenvalue weighted by molar-refractivity contribution is -0.156. The van der Waals surface area contributed by atoms with Gasteiger partial charge in [0, 0.05) is 12.0 Å². The molecule has 0 aliphatic heterocycles. The lowest BCUT2D eigenvalue weighted by Crippen LogP contribution is -2.27. The number of hydrogen-bond donors (Lipinski definition) is 1. The molecule has 0 bridgehead atoms. The summed E-state index contributed by atoms with van der Waals surface area (Å²) >= 11 is 0. The molecule has 0 saturated carbocycles. The second-order valence-electron chi connectivity index (χ2n) is 4.00. The third-order valence-corrected chi connectivity index (χ3v) is 2.17. The Morgan fingerprint density at radius 1 is 1.33 bits per heavy atom. The summed E-state index contributed by atoms with van der Waals surface area (Å²) < 4.78 is 5.14. The highest BCUT2D eigenvalue weighted by Crippen LogP contribution is 2.15. The maximum atomic E-state index is 11.3. The Balaban J connectivity index is 3.96. The number of carboxylic acid groups (broad SMARTS) is 1. The molecule has 86 valence electrons. The molecule has 0 atom stereocenters. The van der Waals surface area contributed by atoms with Gasteiger partial charge in [0.25, 0.3) is 0 Å². The quantitative estimate of drug-likeness (QED) is 0.543. The predicted molar refractivity (Wildman–Crippen MR) is 56.5 cm³/mol. The van der Waals surface area contributed by atoms with Crippen molar-refractivity contribution in [1.82, 2.24) is 0 Å². The summed E-state index contributed by atoms with van der Waals surface area (Å²) in [5.41, 5.74) is -0.456. The first-order valence-electron chi connectivity index (χ1n) is 4.91. The molecule has 0 heterocycles. The van der Waals surface area contributed by atoms with Crippen molar-refractivity contribution in [3.63, 3.8) is 0 Å². The standard InChI is InChI=1S/C11H18O4/c1-5-11(3,4)15-9(12)7-6-8(2)10(13)14/h2,5-7H2,1,3-4H3,(H,13,14). The normalized spacial score (nSPS) is 10.9. The van der Waals surface area contributed by atoms with Crippen molar-refractivity contribution in [1.29, 1.82) is 0 Å². The summed E-state index contributed by atoms with van der Waals surface area (Å²) in [5, 5.41) is 8.52. The molecule has 15 heavy (non-hydrogen) atoms. The highest BCUT2D eigenvalue weighted by Gasteiger charge is 2.20. The van der Waals surface area contributed by atoms with Gasteiger partial charge in [0.15, 0.2) is 0 Å². The van der Waals surface area contributed by atoms with Gasteiger partial charge in [-0.2, -0.15) is 0 Å². The van der Waals surface area contributed by atoms with Gasteiger partial charge < -0.3 is 9.84 Å². The Morgan fingerprint density at radius 2 is 1.87 bits per heavy atom. The van der Waals surface area contributed by atoms with Crippen molar-refractivity contribution in [3.05, 3.63) is 12.2 Å². The number of hydrogen-bond acceptors (Lipinski definition) is 3. The molecular formula is C11H18O4. The summed E-state index contributed by atoms with van der Waals surface area (Å²) in [7, 11) is 0. The minimum Gasteiger partial charge on any atom is -0.478 e. The minimum absolute atomic E-state index is 0.0289. The van der Waals surface area contributed by atoms with Crippen molar-refractivity contribution in [2.45, 2.75) is 45.6 Å².